The van der Waals surface area contributed by atoms with Crippen LogP contribution >= 0.6 is 0 Å². The number of piperidine rings is 2. The van der Waals surface area contributed by atoms with Crippen LogP contribution in [0.2, 0.25) is 0 Å². The number of benzene rings is 3. The van der Waals surface area contributed by atoms with Crippen molar-refractivity contribution in [1.29, 1.82) is 0 Å². The lowest BCUT2D eigenvalue weighted by Crippen LogP contribution is -2.55. The summed E-state index contributed by atoms with van der Waals surface area (Å²) < 4.78 is 38.6. The first-order valence-electron chi connectivity index (χ1n) is 11.5. The molecule has 0 saturated carbocycles. The molecule has 0 aromatic heterocycles. The van der Waals surface area contributed by atoms with Crippen LogP contribution in [0.25, 0.3) is 10.8 Å². The third kappa shape index (κ3) is 4.62. The zero-order valence-corrected chi connectivity index (χ0v) is 18.4. The standard InChI is InChI=1S/C27H27F3N2O/c28-27(29,30)23-11-8-19(9-12-23)16-32-25-14-15-31(18-22(25)10-13-26(32)33)17-21-6-3-5-20-4-1-2-7-24(20)21/h1-9,11-12,22,25H,10,13-18H2/t22-,25+/m1/s1. The lowest BCUT2D eigenvalue weighted by Gasteiger charge is -2.47. The number of halogens is 3. The predicted octanol–water partition coefficient (Wildman–Crippen LogP) is 5.87. The SMILES string of the molecule is O=C1CC[C@@H]2CN(Cc3cccc4ccccc34)CC[C@@H]2N1Cc1ccc(C(F)(F)F)cc1. The fourth-order valence-electron chi connectivity index (χ4n) is 5.44. The van der Waals surface area contributed by atoms with Crippen LogP contribution in [0.15, 0.2) is 66.7 Å². The molecule has 6 heteroatoms. The van der Waals surface area contributed by atoms with Crippen molar-refractivity contribution in [2.75, 3.05) is 13.1 Å². The van der Waals surface area contributed by atoms with Crippen molar-refractivity contribution in [3.05, 3.63) is 83.4 Å². The Kier molecular flexibility index (Phi) is 5.87. The van der Waals surface area contributed by atoms with Gasteiger partial charge in [0.2, 0.25) is 5.91 Å². The van der Waals surface area contributed by atoms with Crippen LogP contribution < -0.4 is 0 Å². The van der Waals surface area contributed by atoms with E-state index in [4.69, 9.17) is 0 Å². The summed E-state index contributed by atoms with van der Waals surface area (Å²) in [6.45, 7) is 3.10. The number of nitrogens with zero attached hydrogens (tertiary/aromatic N) is 2. The number of hydrogen-bond acceptors (Lipinski definition) is 2. The number of alkyl halides is 3. The summed E-state index contributed by atoms with van der Waals surface area (Å²) in [7, 11) is 0. The molecule has 1 amide bonds. The minimum Gasteiger partial charge on any atom is -0.335 e. The highest BCUT2D eigenvalue weighted by Crippen LogP contribution is 2.34. The molecule has 0 aliphatic carbocycles. The summed E-state index contributed by atoms with van der Waals surface area (Å²) in [4.78, 5) is 17.1. The Balaban J connectivity index is 1.27. The average Bonchev–Trinajstić information content (AvgIpc) is 2.81. The van der Waals surface area contributed by atoms with Crippen molar-refractivity contribution in [3.63, 3.8) is 0 Å². The zero-order valence-electron chi connectivity index (χ0n) is 18.4. The predicted molar refractivity (Wildman–Crippen MR) is 122 cm³/mol. The van der Waals surface area contributed by atoms with Crippen LogP contribution in [0, 0.1) is 5.92 Å². The lowest BCUT2D eigenvalue weighted by atomic mass is 9.83. The molecule has 2 aliphatic rings. The van der Waals surface area contributed by atoms with Crippen molar-refractivity contribution >= 4 is 16.7 Å². The van der Waals surface area contributed by atoms with Crippen LogP contribution in [0.4, 0.5) is 13.2 Å². The maximum atomic E-state index is 12.9. The molecule has 3 nitrogen and oxygen atoms in total. The van der Waals surface area contributed by atoms with Crippen molar-refractivity contribution in [2.45, 2.75) is 44.6 Å². The van der Waals surface area contributed by atoms with Gasteiger partial charge < -0.3 is 4.90 Å². The van der Waals surface area contributed by atoms with Crippen LogP contribution in [-0.2, 0) is 24.1 Å². The smallest absolute Gasteiger partial charge is 0.335 e. The Bertz CT molecular complexity index is 1140. The molecule has 3 aromatic carbocycles. The summed E-state index contributed by atoms with van der Waals surface area (Å²) >= 11 is 0. The Morgan fingerprint density at radius 1 is 0.879 bits per heavy atom. The monoisotopic (exact) mass is 452 g/mol. The Morgan fingerprint density at radius 3 is 2.42 bits per heavy atom. The van der Waals surface area contributed by atoms with E-state index >= 15 is 0 Å². The number of carbonyl (C=O) groups is 1. The van der Waals surface area contributed by atoms with E-state index in [-0.39, 0.29) is 11.9 Å². The average molecular weight is 453 g/mol. The van der Waals surface area contributed by atoms with Crippen LogP contribution in [0.3, 0.4) is 0 Å². The summed E-state index contributed by atoms with van der Waals surface area (Å²) in [5.41, 5.74) is 1.41. The molecule has 5 rings (SSSR count). The molecule has 0 spiro atoms. The first kappa shape index (κ1) is 22.0. The van der Waals surface area contributed by atoms with Crippen molar-refractivity contribution in [3.8, 4) is 0 Å². The molecule has 172 valence electrons. The number of amides is 1. The van der Waals surface area contributed by atoms with E-state index in [2.05, 4.69) is 47.4 Å². The van der Waals surface area contributed by atoms with Crippen molar-refractivity contribution in [1.82, 2.24) is 9.80 Å². The summed E-state index contributed by atoms with van der Waals surface area (Å²) in [6, 6.07) is 20.2. The van der Waals surface area contributed by atoms with Gasteiger partial charge in [0.25, 0.3) is 0 Å². The number of carbonyl (C=O) groups excluding carboxylic acids is 1. The van der Waals surface area contributed by atoms with Crippen LogP contribution in [0.1, 0.15) is 36.0 Å². The van der Waals surface area contributed by atoms with Gasteiger partial charge in [0.1, 0.15) is 0 Å². The molecule has 0 N–H and O–H groups in total. The van der Waals surface area contributed by atoms with E-state index in [1.54, 1.807) is 0 Å². The molecule has 2 heterocycles. The minimum absolute atomic E-state index is 0.110. The summed E-state index contributed by atoms with van der Waals surface area (Å²) in [6.07, 6.45) is -2.08. The van der Waals surface area contributed by atoms with Gasteiger partial charge in [-0.2, -0.15) is 13.2 Å². The zero-order chi connectivity index (χ0) is 23.0. The van der Waals surface area contributed by atoms with Gasteiger partial charge in [-0.15, -0.1) is 0 Å². The number of fused-ring (bicyclic) bond motifs is 2. The molecule has 2 fully saturated rings. The highest BCUT2D eigenvalue weighted by molar-refractivity contribution is 5.85. The molecule has 0 unspecified atom stereocenters. The fourth-order valence-corrected chi connectivity index (χ4v) is 5.44. The van der Waals surface area contributed by atoms with E-state index in [0.717, 1.165) is 50.2 Å². The molecule has 0 radical (unpaired) electrons. The third-order valence-electron chi connectivity index (χ3n) is 7.14. The molecule has 2 atom stereocenters. The molecule has 33 heavy (non-hydrogen) atoms. The number of hydrogen-bond donors (Lipinski definition) is 0. The van der Waals surface area contributed by atoms with Gasteiger partial charge in [-0.3, -0.25) is 9.69 Å². The van der Waals surface area contributed by atoms with Crippen molar-refractivity contribution < 1.29 is 18.0 Å². The second kappa shape index (κ2) is 8.82. The Hall–Kier alpha value is -2.86. The number of rotatable bonds is 4. The van der Waals surface area contributed by atoms with E-state index in [1.807, 2.05) is 4.90 Å². The molecule has 2 aliphatic heterocycles. The van der Waals surface area contributed by atoms with Gasteiger partial charge in [-0.25, -0.2) is 0 Å². The van der Waals surface area contributed by atoms with Crippen LogP contribution in [-0.4, -0.2) is 34.8 Å². The fraction of sp³-hybridized carbons (Fsp3) is 0.370. The van der Waals surface area contributed by atoms with Gasteiger partial charge >= 0.3 is 6.18 Å². The lowest BCUT2D eigenvalue weighted by molar-refractivity contribution is -0.142. The van der Waals surface area contributed by atoms with Gasteiger partial charge in [0, 0.05) is 38.6 Å². The van der Waals surface area contributed by atoms with Crippen LogP contribution in [0.5, 0.6) is 0 Å². The van der Waals surface area contributed by atoms with Gasteiger partial charge in [-0.1, -0.05) is 54.6 Å². The van der Waals surface area contributed by atoms with Gasteiger partial charge in [0.15, 0.2) is 0 Å². The Morgan fingerprint density at radius 2 is 1.64 bits per heavy atom. The first-order valence-corrected chi connectivity index (χ1v) is 11.5. The normalized spacial score (nSPS) is 21.9. The third-order valence-corrected chi connectivity index (χ3v) is 7.14. The maximum Gasteiger partial charge on any atom is 0.416 e. The minimum atomic E-state index is -4.35. The largest absolute Gasteiger partial charge is 0.416 e. The van der Waals surface area contributed by atoms with E-state index < -0.39 is 11.7 Å². The van der Waals surface area contributed by atoms with E-state index in [1.165, 1.54) is 28.5 Å². The highest BCUT2D eigenvalue weighted by atomic mass is 19.4. The van der Waals surface area contributed by atoms with E-state index in [9.17, 15) is 18.0 Å². The second-order valence-electron chi connectivity index (χ2n) is 9.24. The number of likely N-dealkylation sites (tertiary alicyclic amines) is 2. The molecule has 0 bridgehead atoms. The van der Waals surface area contributed by atoms with E-state index in [0.29, 0.717) is 18.9 Å². The quantitative estimate of drug-likeness (QED) is 0.494. The second-order valence-corrected chi connectivity index (χ2v) is 9.24. The molecular formula is C27H27F3N2O. The van der Waals surface area contributed by atoms with Crippen molar-refractivity contribution in [2.24, 2.45) is 5.92 Å². The Labute approximate surface area is 191 Å². The first-order chi connectivity index (χ1) is 15.9. The molecule has 3 aromatic rings. The summed E-state index contributed by atoms with van der Waals surface area (Å²) in [5.74, 6) is 0.500. The van der Waals surface area contributed by atoms with Gasteiger partial charge in [0.05, 0.1) is 5.56 Å². The topological polar surface area (TPSA) is 23.6 Å². The molecule has 2 saturated heterocycles. The highest BCUT2D eigenvalue weighted by Gasteiger charge is 2.39. The maximum absolute atomic E-state index is 12.9. The van der Waals surface area contributed by atoms with Gasteiger partial charge in [-0.05, 0) is 52.8 Å². The molecular weight excluding hydrogens is 425 g/mol. The summed E-state index contributed by atoms with van der Waals surface area (Å²) in [5, 5.41) is 2.53.